The summed E-state index contributed by atoms with van der Waals surface area (Å²) in [7, 11) is 1.25. The molecular formula is C31H26F10N2O3. The summed E-state index contributed by atoms with van der Waals surface area (Å²) in [6, 6.07) is 4.78. The summed E-state index contributed by atoms with van der Waals surface area (Å²) < 4.78 is 148. The molecule has 248 valence electrons. The van der Waals surface area contributed by atoms with E-state index >= 15 is 4.39 Å². The lowest BCUT2D eigenvalue weighted by Crippen LogP contribution is -2.32. The molecule has 2 aliphatic rings. The first kappa shape index (κ1) is 33.3. The molecular weight excluding hydrogens is 638 g/mol. The van der Waals surface area contributed by atoms with Gasteiger partial charge in [0.15, 0.2) is 0 Å². The zero-order valence-electron chi connectivity index (χ0n) is 24.2. The van der Waals surface area contributed by atoms with Crippen LogP contribution in [0, 0.1) is 5.82 Å². The van der Waals surface area contributed by atoms with Gasteiger partial charge < -0.3 is 9.47 Å². The number of methoxy groups -OCH3 is 1. The fourth-order valence-electron chi connectivity index (χ4n) is 6.01. The van der Waals surface area contributed by atoms with E-state index in [1.807, 2.05) is 0 Å². The summed E-state index contributed by atoms with van der Waals surface area (Å²) in [5.41, 5.74) is -4.81. The molecule has 5 rings (SSSR count). The van der Waals surface area contributed by atoms with Crippen LogP contribution in [-0.4, -0.2) is 29.1 Å². The standard InChI is InChI=1S/C31H26F10N2O3/c1-15-27(17-10-25(30(36,37)38)42-26(11-17)31(39,40)41)46-28(44)43(15)14-18-9-19(29(33,34)35)7-8-20(18)22-12-21(16-5-3-4-6-16)23(32)13-24(22)45-2/h7-13,15-16,27H,3-6,14H2,1-2H3/t15-,27-/m0/s1. The van der Waals surface area contributed by atoms with Crippen LogP contribution in [0.2, 0.25) is 0 Å². The number of aromatic nitrogens is 1. The zero-order chi connectivity index (χ0) is 33.8. The molecule has 0 N–H and O–H groups in total. The van der Waals surface area contributed by atoms with Crippen molar-refractivity contribution in [1.29, 1.82) is 0 Å². The van der Waals surface area contributed by atoms with Crippen LogP contribution in [0.15, 0.2) is 42.5 Å². The zero-order valence-corrected chi connectivity index (χ0v) is 24.2. The fourth-order valence-corrected chi connectivity index (χ4v) is 6.01. The summed E-state index contributed by atoms with van der Waals surface area (Å²) in [4.78, 5) is 16.6. The second-order valence-electron chi connectivity index (χ2n) is 11.3. The Hall–Kier alpha value is -4.04. The number of halogens is 10. The largest absolute Gasteiger partial charge is 0.496 e. The highest BCUT2D eigenvalue weighted by Crippen LogP contribution is 2.44. The number of cyclic esters (lactones) is 1. The Morgan fingerprint density at radius 3 is 2.02 bits per heavy atom. The summed E-state index contributed by atoms with van der Waals surface area (Å²) in [6.45, 7) is 0.693. The second-order valence-corrected chi connectivity index (χ2v) is 11.3. The molecule has 1 saturated carbocycles. The Labute approximate surface area is 256 Å². The molecule has 2 atom stereocenters. The maximum atomic E-state index is 15.1. The van der Waals surface area contributed by atoms with Crippen molar-refractivity contribution < 1.29 is 58.2 Å². The van der Waals surface area contributed by atoms with Crippen LogP contribution in [0.25, 0.3) is 11.1 Å². The summed E-state index contributed by atoms with van der Waals surface area (Å²) >= 11 is 0. The van der Waals surface area contributed by atoms with E-state index in [4.69, 9.17) is 9.47 Å². The van der Waals surface area contributed by atoms with E-state index in [1.54, 1.807) is 0 Å². The van der Waals surface area contributed by atoms with Crippen molar-refractivity contribution in [1.82, 2.24) is 9.88 Å². The molecule has 1 aliphatic heterocycles. The van der Waals surface area contributed by atoms with Gasteiger partial charge in [-0.05, 0) is 78.3 Å². The van der Waals surface area contributed by atoms with Crippen molar-refractivity contribution >= 4 is 6.09 Å². The lowest BCUT2D eigenvalue weighted by molar-refractivity contribution is -0.150. The van der Waals surface area contributed by atoms with Crippen LogP contribution >= 0.6 is 0 Å². The number of ether oxygens (including phenoxy) is 2. The van der Waals surface area contributed by atoms with E-state index < -0.39 is 71.6 Å². The lowest BCUT2D eigenvalue weighted by Gasteiger charge is -2.24. The normalized spacial score (nSPS) is 19.6. The predicted octanol–water partition coefficient (Wildman–Crippen LogP) is 9.69. The molecule has 15 heteroatoms. The van der Waals surface area contributed by atoms with E-state index in [1.165, 1.54) is 20.1 Å². The topological polar surface area (TPSA) is 51.7 Å². The van der Waals surface area contributed by atoms with Crippen molar-refractivity contribution in [3.05, 3.63) is 81.9 Å². The van der Waals surface area contributed by atoms with Crippen molar-refractivity contribution in [2.45, 2.75) is 75.7 Å². The van der Waals surface area contributed by atoms with E-state index in [0.29, 0.717) is 30.5 Å². The molecule has 0 radical (unpaired) electrons. The summed E-state index contributed by atoms with van der Waals surface area (Å²) in [5, 5.41) is 0. The monoisotopic (exact) mass is 664 g/mol. The number of pyridine rings is 1. The molecule has 2 aromatic carbocycles. The number of nitrogens with zero attached hydrogens (tertiary/aromatic N) is 2. The van der Waals surface area contributed by atoms with Gasteiger partial charge in [-0.3, -0.25) is 4.90 Å². The Morgan fingerprint density at radius 1 is 0.870 bits per heavy atom. The SMILES string of the molecule is COc1cc(F)c(C2CCCC2)cc1-c1ccc(C(F)(F)F)cc1CN1C(=O)O[C@H](c2cc(C(F)(F)F)nc(C(F)(F)F)c2)[C@@H]1C. The van der Waals surface area contributed by atoms with E-state index in [-0.39, 0.29) is 28.4 Å². The van der Waals surface area contributed by atoms with Crippen LogP contribution < -0.4 is 4.74 Å². The number of amides is 1. The Balaban J connectivity index is 1.58. The van der Waals surface area contributed by atoms with Crippen LogP contribution in [0.4, 0.5) is 48.7 Å². The molecule has 0 bridgehead atoms. The molecule has 1 aromatic heterocycles. The van der Waals surface area contributed by atoms with Crippen LogP contribution in [0.5, 0.6) is 5.75 Å². The number of benzene rings is 2. The molecule has 3 aromatic rings. The third-order valence-electron chi connectivity index (χ3n) is 8.33. The summed E-state index contributed by atoms with van der Waals surface area (Å²) in [5.74, 6) is -0.666. The van der Waals surface area contributed by atoms with E-state index in [2.05, 4.69) is 4.98 Å². The molecule has 5 nitrogen and oxygen atoms in total. The van der Waals surface area contributed by atoms with E-state index in [0.717, 1.165) is 42.0 Å². The number of alkyl halides is 9. The average molecular weight is 665 g/mol. The number of carbonyl (C=O) groups excluding carboxylic acids is 1. The smallest absolute Gasteiger partial charge is 0.433 e. The Kier molecular flexibility index (Phi) is 8.66. The van der Waals surface area contributed by atoms with Gasteiger partial charge in [0.05, 0.1) is 25.3 Å². The average Bonchev–Trinajstić information content (AvgIpc) is 3.60. The van der Waals surface area contributed by atoms with Crippen LogP contribution in [0.3, 0.4) is 0 Å². The van der Waals surface area contributed by atoms with Gasteiger partial charge in [-0.1, -0.05) is 18.9 Å². The molecule has 0 spiro atoms. The number of hydrogen-bond donors (Lipinski definition) is 0. The Bertz CT molecular complexity index is 1600. The van der Waals surface area contributed by atoms with Crippen molar-refractivity contribution in [3.8, 4) is 16.9 Å². The van der Waals surface area contributed by atoms with Gasteiger partial charge in [0.2, 0.25) is 0 Å². The van der Waals surface area contributed by atoms with Gasteiger partial charge in [-0.15, -0.1) is 0 Å². The van der Waals surface area contributed by atoms with Gasteiger partial charge in [-0.2, -0.15) is 39.5 Å². The number of carbonyl (C=O) groups is 1. The van der Waals surface area contributed by atoms with Crippen molar-refractivity contribution in [2.75, 3.05) is 7.11 Å². The van der Waals surface area contributed by atoms with Gasteiger partial charge in [0.25, 0.3) is 0 Å². The maximum Gasteiger partial charge on any atom is 0.433 e. The first-order valence-corrected chi connectivity index (χ1v) is 14.1. The van der Waals surface area contributed by atoms with Crippen molar-refractivity contribution in [2.24, 2.45) is 0 Å². The first-order valence-electron chi connectivity index (χ1n) is 14.1. The van der Waals surface area contributed by atoms with Crippen LogP contribution in [-0.2, 0) is 29.8 Å². The highest BCUT2D eigenvalue weighted by atomic mass is 19.4. The maximum absolute atomic E-state index is 15.1. The highest BCUT2D eigenvalue weighted by molar-refractivity contribution is 5.76. The lowest BCUT2D eigenvalue weighted by atomic mass is 9.90. The first-order chi connectivity index (χ1) is 21.4. The third-order valence-corrected chi connectivity index (χ3v) is 8.33. The predicted molar refractivity (Wildman–Crippen MR) is 143 cm³/mol. The van der Waals surface area contributed by atoms with Gasteiger partial charge in [0, 0.05) is 11.6 Å². The third kappa shape index (κ3) is 6.59. The minimum absolute atomic E-state index is 0.00586. The fraction of sp³-hybridized carbons (Fsp3) is 0.419. The van der Waals surface area contributed by atoms with Crippen molar-refractivity contribution in [3.63, 3.8) is 0 Å². The highest BCUT2D eigenvalue weighted by Gasteiger charge is 2.44. The van der Waals surface area contributed by atoms with Gasteiger partial charge >= 0.3 is 24.6 Å². The molecule has 1 aliphatic carbocycles. The number of hydrogen-bond acceptors (Lipinski definition) is 4. The molecule has 1 amide bonds. The minimum atomic E-state index is -5.26. The van der Waals surface area contributed by atoms with Gasteiger partial charge in [-0.25, -0.2) is 14.2 Å². The quantitative estimate of drug-likeness (QED) is 0.246. The number of rotatable bonds is 6. The molecule has 0 unspecified atom stereocenters. The van der Waals surface area contributed by atoms with Gasteiger partial charge in [0.1, 0.15) is 29.1 Å². The second kappa shape index (κ2) is 12.0. The van der Waals surface area contributed by atoms with Crippen LogP contribution in [0.1, 0.15) is 78.3 Å². The Morgan fingerprint density at radius 2 is 1.48 bits per heavy atom. The summed E-state index contributed by atoms with van der Waals surface area (Å²) in [6.07, 6.45) is -15.0. The van der Waals surface area contributed by atoms with E-state index in [9.17, 15) is 44.3 Å². The minimum Gasteiger partial charge on any atom is -0.496 e. The molecule has 2 heterocycles. The molecule has 2 fully saturated rings. The molecule has 1 saturated heterocycles. The molecule has 46 heavy (non-hydrogen) atoms.